The van der Waals surface area contributed by atoms with Crippen LogP contribution in [0.1, 0.15) is 39.0 Å². The molecule has 0 spiro atoms. The number of hydrogen-bond donors (Lipinski definition) is 0. The molecule has 0 aromatic heterocycles. The van der Waals surface area contributed by atoms with Crippen molar-refractivity contribution in [3.63, 3.8) is 0 Å². The standard InChI is InChI=1S/C16H22ClNO2/c1-12(20-15-10-8-13(17)9-11-15)16(19)18(2)14-6-4-3-5-7-14/h8-12,14H,3-7H2,1-2H3. The molecule has 1 atom stereocenters. The van der Waals surface area contributed by atoms with Gasteiger partial charge in [0, 0.05) is 18.1 Å². The summed E-state index contributed by atoms with van der Waals surface area (Å²) in [6.07, 6.45) is 5.47. The molecule has 20 heavy (non-hydrogen) atoms. The lowest BCUT2D eigenvalue weighted by atomic mass is 9.94. The van der Waals surface area contributed by atoms with Gasteiger partial charge >= 0.3 is 0 Å². The minimum atomic E-state index is -0.469. The molecule has 1 fully saturated rings. The maximum atomic E-state index is 12.4. The summed E-state index contributed by atoms with van der Waals surface area (Å²) in [6.45, 7) is 1.80. The lowest BCUT2D eigenvalue weighted by Gasteiger charge is -2.32. The van der Waals surface area contributed by atoms with Crippen LogP contribution >= 0.6 is 11.6 Å². The van der Waals surface area contributed by atoms with E-state index < -0.39 is 6.10 Å². The van der Waals surface area contributed by atoms with Crippen molar-refractivity contribution in [1.29, 1.82) is 0 Å². The Labute approximate surface area is 125 Å². The van der Waals surface area contributed by atoms with Gasteiger partial charge in [-0.1, -0.05) is 30.9 Å². The second-order valence-electron chi connectivity index (χ2n) is 5.45. The van der Waals surface area contributed by atoms with Crippen molar-refractivity contribution >= 4 is 17.5 Å². The minimum absolute atomic E-state index is 0.0480. The van der Waals surface area contributed by atoms with Gasteiger partial charge in [0.05, 0.1) is 0 Å². The maximum Gasteiger partial charge on any atom is 0.263 e. The van der Waals surface area contributed by atoms with Gasteiger partial charge in [0.2, 0.25) is 0 Å². The molecule has 4 heteroatoms. The van der Waals surface area contributed by atoms with E-state index in [1.807, 2.05) is 11.9 Å². The number of carbonyl (C=O) groups excluding carboxylic acids is 1. The molecule has 110 valence electrons. The Balaban J connectivity index is 1.92. The summed E-state index contributed by atoms with van der Waals surface area (Å²) >= 11 is 5.83. The third kappa shape index (κ3) is 3.89. The molecule has 0 aliphatic heterocycles. The van der Waals surface area contributed by atoms with Gasteiger partial charge in [-0.25, -0.2) is 0 Å². The van der Waals surface area contributed by atoms with E-state index in [9.17, 15) is 4.79 Å². The molecule has 1 amide bonds. The van der Waals surface area contributed by atoms with E-state index in [1.165, 1.54) is 19.3 Å². The molecular weight excluding hydrogens is 274 g/mol. The molecule has 1 aromatic rings. The van der Waals surface area contributed by atoms with E-state index in [-0.39, 0.29) is 5.91 Å². The first-order chi connectivity index (χ1) is 9.58. The third-order valence-corrected chi connectivity index (χ3v) is 4.20. The monoisotopic (exact) mass is 295 g/mol. The van der Waals surface area contributed by atoms with Gasteiger partial charge in [0.25, 0.3) is 5.91 Å². The normalized spacial score (nSPS) is 17.6. The first kappa shape index (κ1) is 15.2. The number of rotatable bonds is 4. The van der Waals surface area contributed by atoms with Crippen molar-refractivity contribution in [2.75, 3.05) is 7.05 Å². The molecule has 0 N–H and O–H groups in total. The Morgan fingerprint density at radius 2 is 1.85 bits per heavy atom. The summed E-state index contributed by atoms with van der Waals surface area (Å²) in [5.41, 5.74) is 0. The molecule has 1 saturated carbocycles. The molecule has 0 saturated heterocycles. The quantitative estimate of drug-likeness (QED) is 0.843. The largest absolute Gasteiger partial charge is 0.481 e. The summed E-state index contributed by atoms with van der Waals surface area (Å²) in [4.78, 5) is 14.2. The van der Waals surface area contributed by atoms with Crippen LogP contribution in [0.25, 0.3) is 0 Å². The average Bonchev–Trinajstić information content (AvgIpc) is 2.49. The lowest BCUT2D eigenvalue weighted by molar-refractivity contribution is -0.139. The Morgan fingerprint density at radius 1 is 1.25 bits per heavy atom. The Kier molecular flexibility index (Phi) is 5.30. The van der Waals surface area contributed by atoms with Crippen molar-refractivity contribution in [3.8, 4) is 5.75 Å². The Bertz CT molecular complexity index is 440. The van der Waals surface area contributed by atoms with Crippen molar-refractivity contribution in [2.45, 2.75) is 51.2 Å². The smallest absolute Gasteiger partial charge is 0.263 e. The fourth-order valence-electron chi connectivity index (χ4n) is 2.70. The second-order valence-corrected chi connectivity index (χ2v) is 5.89. The molecule has 2 rings (SSSR count). The topological polar surface area (TPSA) is 29.5 Å². The van der Waals surface area contributed by atoms with Gasteiger partial charge in [0.15, 0.2) is 6.10 Å². The van der Waals surface area contributed by atoms with Gasteiger partial charge in [-0.3, -0.25) is 4.79 Å². The van der Waals surface area contributed by atoms with Crippen LogP contribution in [0.2, 0.25) is 5.02 Å². The number of nitrogens with zero attached hydrogens (tertiary/aromatic N) is 1. The van der Waals surface area contributed by atoms with E-state index in [4.69, 9.17) is 16.3 Å². The van der Waals surface area contributed by atoms with Crippen molar-refractivity contribution in [3.05, 3.63) is 29.3 Å². The molecule has 1 unspecified atom stereocenters. The van der Waals surface area contributed by atoms with E-state index in [0.29, 0.717) is 16.8 Å². The number of likely N-dealkylation sites (N-methyl/N-ethyl adjacent to an activating group) is 1. The van der Waals surface area contributed by atoms with Crippen LogP contribution in [0.4, 0.5) is 0 Å². The van der Waals surface area contributed by atoms with Crippen LogP contribution in [0.5, 0.6) is 5.75 Å². The van der Waals surface area contributed by atoms with Crippen LogP contribution in [-0.4, -0.2) is 30.0 Å². The van der Waals surface area contributed by atoms with Crippen molar-refractivity contribution in [1.82, 2.24) is 4.90 Å². The van der Waals surface area contributed by atoms with Crippen molar-refractivity contribution < 1.29 is 9.53 Å². The van der Waals surface area contributed by atoms with Crippen LogP contribution in [0.15, 0.2) is 24.3 Å². The zero-order chi connectivity index (χ0) is 14.5. The predicted molar refractivity (Wildman–Crippen MR) is 81.2 cm³/mol. The first-order valence-electron chi connectivity index (χ1n) is 7.27. The fraction of sp³-hybridized carbons (Fsp3) is 0.562. The van der Waals surface area contributed by atoms with E-state index in [1.54, 1.807) is 31.2 Å². The van der Waals surface area contributed by atoms with Gasteiger partial charge in [0.1, 0.15) is 5.75 Å². The van der Waals surface area contributed by atoms with E-state index in [2.05, 4.69) is 0 Å². The zero-order valence-corrected chi connectivity index (χ0v) is 12.9. The summed E-state index contributed by atoms with van der Waals surface area (Å²) in [5, 5.41) is 0.663. The highest BCUT2D eigenvalue weighted by molar-refractivity contribution is 6.30. The summed E-state index contributed by atoms with van der Waals surface area (Å²) in [6, 6.07) is 7.46. The molecule has 0 radical (unpaired) electrons. The first-order valence-corrected chi connectivity index (χ1v) is 7.64. The van der Waals surface area contributed by atoms with Crippen LogP contribution < -0.4 is 4.74 Å². The van der Waals surface area contributed by atoms with E-state index in [0.717, 1.165) is 12.8 Å². The summed E-state index contributed by atoms with van der Waals surface area (Å²) in [5.74, 6) is 0.721. The minimum Gasteiger partial charge on any atom is -0.481 e. The van der Waals surface area contributed by atoms with Crippen LogP contribution in [-0.2, 0) is 4.79 Å². The highest BCUT2D eigenvalue weighted by atomic mass is 35.5. The number of ether oxygens (including phenoxy) is 1. The number of halogens is 1. The van der Waals surface area contributed by atoms with E-state index >= 15 is 0 Å². The maximum absolute atomic E-state index is 12.4. The summed E-state index contributed by atoms with van der Waals surface area (Å²) in [7, 11) is 1.89. The molecule has 3 nitrogen and oxygen atoms in total. The Morgan fingerprint density at radius 3 is 2.45 bits per heavy atom. The highest BCUT2D eigenvalue weighted by Crippen LogP contribution is 2.23. The number of hydrogen-bond acceptors (Lipinski definition) is 2. The SMILES string of the molecule is CC(Oc1ccc(Cl)cc1)C(=O)N(C)C1CCCCC1. The van der Waals surface area contributed by atoms with Crippen LogP contribution in [0.3, 0.4) is 0 Å². The number of carbonyl (C=O) groups is 1. The Hall–Kier alpha value is -1.22. The number of benzene rings is 1. The lowest BCUT2D eigenvalue weighted by Crippen LogP contribution is -2.44. The molecule has 1 aromatic carbocycles. The zero-order valence-electron chi connectivity index (χ0n) is 12.1. The van der Waals surface area contributed by atoms with Gasteiger partial charge in [-0.15, -0.1) is 0 Å². The third-order valence-electron chi connectivity index (χ3n) is 3.94. The predicted octanol–water partition coefficient (Wildman–Crippen LogP) is 3.90. The highest BCUT2D eigenvalue weighted by Gasteiger charge is 2.26. The summed E-state index contributed by atoms with van der Waals surface area (Å²) < 4.78 is 5.69. The average molecular weight is 296 g/mol. The molecule has 1 aliphatic carbocycles. The van der Waals surface area contributed by atoms with Crippen molar-refractivity contribution in [2.24, 2.45) is 0 Å². The van der Waals surface area contributed by atoms with Crippen LogP contribution in [0, 0.1) is 0 Å². The molecule has 0 heterocycles. The van der Waals surface area contributed by atoms with Gasteiger partial charge < -0.3 is 9.64 Å². The number of amides is 1. The van der Waals surface area contributed by atoms with Gasteiger partial charge in [-0.05, 0) is 44.0 Å². The fourth-order valence-corrected chi connectivity index (χ4v) is 2.83. The molecular formula is C16H22ClNO2. The molecule has 1 aliphatic rings. The van der Waals surface area contributed by atoms with Gasteiger partial charge in [-0.2, -0.15) is 0 Å². The second kappa shape index (κ2) is 6.98. The molecule has 0 bridgehead atoms.